The molecule has 0 unspecified atom stereocenters. The summed E-state index contributed by atoms with van der Waals surface area (Å²) in [6.07, 6.45) is 1.07. The second kappa shape index (κ2) is 5.37. The molecule has 1 aromatic rings. The van der Waals surface area contributed by atoms with Crippen molar-refractivity contribution in [2.45, 2.75) is 20.3 Å². The molecule has 0 aliphatic rings. The highest BCUT2D eigenvalue weighted by Crippen LogP contribution is 2.15. The van der Waals surface area contributed by atoms with Gasteiger partial charge in [0.2, 0.25) is 5.43 Å². The van der Waals surface area contributed by atoms with Gasteiger partial charge in [-0.25, -0.2) is 0 Å². The van der Waals surface area contributed by atoms with Gasteiger partial charge in [0.1, 0.15) is 4.51 Å². The number of nitrogens with one attached hydrogen (secondary N) is 1. The molecule has 3 nitrogen and oxygen atoms in total. The largest absolute Gasteiger partial charge is 0.383 e. The highest BCUT2D eigenvalue weighted by Gasteiger charge is 2.11. The van der Waals surface area contributed by atoms with Crippen molar-refractivity contribution in [2.24, 2.45) is 0 Å². The fourth-order valence-corrected chi connectivity index (χ4v) is 1.82. The number of rotatable bonds is 6. The topological polar surface area (TPSA) is 32.3 Å². The van der Waals surface area contributed by atoms with Crippen molar-refractivity contribution in [2.75, 3.05) is 32.0 Å². The molecule has 0 fully saturated rings. The van der Waals surface area contributed by atoms with Crippen LogP contribution in [0.5, 0.6) is 0 Å². The maximum Gasteiger partial charge on any atom is 0.203 e. The van der Waals surface area contributed by atoms with Crippen LogP contribution in [0.3, 0.4) is 0 Å². The summed E-state index contributed by atoms with van der Waals surface area (Å²) in [5.74, 6) is 0. The van der Waals surface area contributed by atoms with E-state index < -0.39 is 0 Å². The first-order valence-corrected chi connectivity index (χ1v) is 5.71. The van der Waals surface area contributed by atoms with Gasteiger partial charge >= 0.3 is 0 Å². The molecule has 4 heteroatoms. The molecular weight excluding hydrogens is 208 g/mol. The van der Waals surface area contributed by atoms with Crippen LogP contribution in [0.4, 0.5) is 5.69 Å². The molecule has 0 bridgehead atoms. The molecule has 0 radical (unpaired) electrons. The van der Waals surface area contributed by atoms with Crippen LogP contribution in [0.2, 0.25) is 0 Å². The number of anilines is 1. The Balaban J connectivity index is 2.28. The first kappa shape index (κ1) is 12.3. The van der Waals surface area contributed by atoms with Crippen molar-refractivity contribution >= 4 is 17.9 Å². The molecule has 1 rings (SSSR count). The van der Waals surface area contributed by atoms with Gasteiger partial charge in [0.15, 0.2) is 0 Å². The van der Waals surface area contributed by atoms with E-state index in [1.807, 2.05) is 6.92 Å². The van der Waals surface area contributed by atoms with E-state index in [0.29, 0.717) is 4.51 Å². The third-order valence-corrected chi connectivity index (χ3v) is 3.10. The number of hydrogen-bond donors (Lipinski definition) is 1. The maximum atomic E-state index is 11.1. The summed E-state index contributed by atoms with van der Waals surface area (Å²) in [5, 5.41) is 3.22. The summed E-state index contributed by atoms with van der Waals surface area (Å²) in [6.45, 7) is 6.97. The second-order valence-corrected chi connectivity index (χ2v) is 4.24. The Morgan fingerprint density at radius 3 is 2.67 bits per heavy atom. The van der Waals surface area contributed by atoms with E-state index in [4.69, 9.17) is 12.2 Å². The Hall–Kier alpha value is -0.740. The van der Waals surface area contributed by atoms with Gasteiger partial charge in [0, 0.05) is 12.1 Å². The lowest BCUT2D eigenvalue weighted by Gasteiger charge is -2.15. The SMILES string of the molecule is CCN(C)CCCNc1c(C)c(=O)c1=S. The minimum Gasteiger partial charge on any atom is -0.383 e. The van der Waals surface area contributed by atoms with Gasteiger partial charge in [-0.15, -0.1) is 0 Å². The average molecular weight is 226 g/mol. The van der Waals surface area contributed by atoms with Crippen LogP contribution in [0.1, 0.15) is 18.9 Å². The number of nitrogens with zero attached hydrogens (tertiary/aromatic N) is 1. The molecule has 15 heavy (non-hydrogen) atoms. The quantitative estimate of drug-likeness (QED) is 0.591. The predicted octanol–water partition coefficient (Wildman–Crippen LogP) is 1.71. The Morgan fingerprint density at radius 2 is 2.13 bits per heavy atom. The van der Waals surface area contributed by atoms with Crippen LogP contribution >= 0.6 is 12.2 Å². The van der Waals surface area contributed by atoms with Crippen LogP contribution in [0, 0.1) is 11.4 Å². The Morgan fingerprint density at radius 1 is 1.47 bits per heavy atom. The van der Waals surface area contributed by atoms with Crippen LogP contribution in [-0.4, -0.2) is 31.6 Å². The zero-order valence-electron chi connectivity index (χ0n) is 9.59. The van der Waals surface area contributed by atoms with Crippen LogP contribution < -0.4 is 10.7 Å². The van der Waals surface area contributed by atoms with Gasteiger partial charge in [-0.3, -0.25) is 4.79 Å². The molecule has 1 N–H and O–H groups in total. The van der Waals surface area contributed by atoms with Crippen molar-refractivity contribution in [1.29, 1.82) is 0 Å². The van der Waals surface area contributed by atoms with E-state index in [9.17, 15) is 4.79 Å². The van der Waals surface area contributed by atoms with E-state index in [1.165, 1.54) is 0 Å². The summed E-state index contributed by atoms with van der Waals surface area (Å²) in [6, 6.07) is 0. The smallest absolute Gasteiger partial charge is 0.203 e. The van der Waals surface area contributed by atoms with Crippen LogP contribution in [-0.2, 0) is 0 Å². The lowest BCUT2D eigenvalue weighted by molar-refractivity contribution is 0.351. The minimum absolute atomic E-state index is 0.0261. The van der Waals surface area contributed by atoms with Gasteiger partial charge in [-0.2, -0.15) is 0 Å². The van der Waals surface area contributed by atoms with Gasteiger partial charge < -0.3 is 10.2 Å². The zero-order valence-corrected chi connectivity index (χ0v) is 10.4. The normalized spacial score (nSPS) is 11.2. The fraction of sp³-hybridized carbons (Fsp3) is 0.636. The Kier molecular flexibility index (Phi) is 4.42. The third-order valence-electron chi connectivity index (χ3n) is 2.71. The van der Waals surface area contributed by atoms with E-state index in [0.717, 1.165) is 37.3 Å². The monoisotopic (exact) mass is 226 g/mol. The second-order valence-electron chi connectivity index (χ2n) is 3.83. The maximum absolute atomic E-state index is 11.1. The summed E-state index contributed by atoms with van der Waals surface area (Å²) >= 11 is 4.95. The van der Waals surface area contributed by atoms with E-state index >= 15 is 0 Å². The highest BCUT2D eigenvalue weighted by atomic mass is 32.1. The standard InChI is InChI=1S/C11H18N2OS/c1-4-13(3)7-5-6-12-9-8(2)10(14)11(9)15/h12H,4-7H2,1-3H3. The third kappa shape index (κ3) is 2.86. The van der Waals surface area contributed by atoms with E-state index in [1.54, 1.807) is 0 Å². The van der Waals surface area contributed by atoms with E-state index in [2.05, 4.69) is 24.2 Å². The lowest BCUT2D eigenvalue weighted by Crippen LogP contribution is -2.23. The molecule has 1 aromatic carbocycles. The summed E-state index contributed by atoms with van der Waals surface area (Å²) in [5.41, 5.74) is 1.69. The molecular formula is C11H18N2OS. The van der Waals surface area contributed by atoms with Crippen molar-refractivity contribution in [1.82, 2.24) is 4.90 Å². The number of hydrogen-bond acceptors (Lipinski definition) is 4. The molecule has 0 spiro atoms. The summed E-state index contributed by atoms with van der Waals surface area (Å²) in [4.78, 5) is 13.4. The van der Waals surface area contributed by atoms with Gasteiger partial charge in [-0.05, 0) is 33.5 Å². The van der Waals surface area contributed by atoms with Crippen molar-refractivity contribution in [3.63, 3.8) is 0 Å². The molecule has 0 atom stereocenters. The lowest BCUT2D eigenvalue weighted by atomic mass is 10.1. The molecule has 0 saturated carbocycles. The van der Waals surface area contributed by atoms with Crippen molar-refractivity contribution in [3.8, 4) is 0 Å². The first-order valence-electron chi connectivity index (χ1n) is 5.30. The molecule has 0 aromatic heterocycles. The minimum atomic E-state index is 0.0261. The van der Waals surface area contributed by atoms with Gasteiger partial charge in [0.05, 0.1) is 5.69 Å². The molecule has 0 amide bonds. The van der Waals surface area contributed by atoms with Crippen molar-refractivity contribution in [3.05, 3.63) is 20.3 Å². The zero-order chi connectivity index (χ0) is 11.4. The highest BCUT2D eigenvalue weighted by molar-refractivity contribution is 7.71. The van der Waals surface area contributed by atoms with E-state index in [-0.39, 0.29) is 5.43 Å². The Labute approximate surface area is 95.8 Å². The van der Waals surface area contributed by atoms with Crippen LogP contribution in [0.15, 0.2) is 4.79 Å². The Bertz CT molecular complexity index is 393. The summed E-state index contributed by atoms with van der Waals surface area (Å²) < 4.78 is 0.469. The predicted molar refractivity (Wildman–Crippen MR) is 66.9 cm³/mol. The van der Waals surface area contributed by atoms with Gasteiger partial charge in [-0.1, -0.05) is 19.1 Å². The molecule has 84 valence electrons. The van der Waals surface area contributed by atoms with Gasteiger partial charge in [0.25, 0.3) is 0 Å². The molecule has 0 aliphatic heterocycles. The fourth-order valence-electron chi connectivity index (χ4n) is 1.44. The van der Waals surface area contributed by atoms with Crippen LogP contribution in [0.25, 0.3) is 0 Å². The molecule has 0 saturated heterocycles. The molecule has 0 heterocycles. The summed E-state index contributed by atoms with van der Waals surface area (Å²) in [7, 11) is 2.10. The molecule has 0 aliphatic carbocycles. The van der Waals surface area contributed by atoms with Crippen molar-refractivity contribution < 1.29 is 0 Å². The first-order chi connectivity index (χ1) is 7.07. The average Bonchev–Trinajstić information content (AvgIpc) is 2.27.